The first-order valence-corrected chi connectivity index (χ1v) is 7.51. The lowest BCUT2D eigenvalue weighted by molar-refractivity contribution is 0.0600. The first kappa shape index (κ1) is 15.6. The van der Waals surface area contributed by atoms with E-state index in [0.29, 0.717) is 12.2 Å². The van der Waals surface area contributed by atoms with Gasteiger partial charge in [-0.25, -0.2) is 4.79 Å². The van der Waals surface area contributed by atoms with E-state index in [1.807, 2.05) is 24.3 Å². The van der Waals surface area contributed by atoms with Crippen LogP contribution in [0.2, 0.25) is 0 Å². The Hall–Kier alpha value is -1.81. The minimum Gasteiger partial charge on any atom is -0.489 e. The third-order valence-electron chi connectivity index (χ3n) is 3.18. The maximum absolute atomic E-state index is 11.5. The third-order valence-corrected chi connectivity index (χ3v) is 3.91. The van der Waals surface area contributed by atoms with Crippen LogP contribution < -0.4 is 4.74 Å². The van der Waals surface area contributed by atoms with Crippen molar-refractivity contribution < 1.29 is 14.3 Å². The van der Waals surface area contributed by atoms with E-state index < -0.39 is 0 Å². The highest BCUT2D eigenvalue weighted by Crippen LogP contribution is 2.22. The summed E-state index contributed by atoms with van der Waals surface area (Å²) in [6, 6.07) is 13.4. The number of hydrogen-bond donors (Lipinski definition) is 0. The third kappa shape index (κ3) is 4.08. The standard InChI is InChI=1S/C17H17BrO3/c1-3-12-5-4-6-15(9-12)21-11-14-8-7-13(10-16(14)18)17(19)20-2/h4-10H,3,11H2,1-2H3. The van der Waals surface area contributed by atoms with E-state index in [0.717, 1.165) is 22.2 Å². The molecule has 0 aliphatic rings. The molecule has 2 aromatic carbocycles. The summed E-state index contributed by atoms with van der Waals surface area (Å²) in [7, 11) is 1.37. The van der Waals surface area contributed by atoms with Gasteiger partial charge in [0, 0.05) is 10.0 Å². The van der Waals surface area contributed by atoms with Gasteiger partial charge in [-0.15, -0.1) is 0 Å². The lowest BCUT2D eigenvalue weighted by atomic mass is 10.1. The highest BCUT2D eigenvalue weighted by Gasteiger charge is 2.09. The number of halogens is 1. The summed E-state index contributed by atoms with van der Waals surface area (Å²) in [5.41, 5.74) is 2.73. The van der Waals surface area contributed by atoms with Crippen molar-refractivity contribution in [1.82, 2.24) is 0 Å². The molecule has 0 bridgehead atoms. The van der Waals surface area contributed by atoms with Gasteiger partial charge < -0.3 is 9.47 Å². The Bertz CT molecular complexity index is 638. The van der Waals surface area contributed by atoms with Crippen LogP contribution in [0.4, 0.5) is 0 Å². The Morgan fingerprint density at radius 2 is 2.00 bits per heavy atom. The zero-order valence-corrected chi connectivity index (χ0v) is 13.6. The van der Waals surface area contributed by atoms with Crippen molar-refractivity contribution in [2.45, 2.75) is 20.0 Å². The molecule has 0 saturated heterocycles. The number of benzene rings is 2. The van der Waals surface area contributed by atoms with Crippen LogP contribution in [0.25, 0.3) is 0 Å². The Morgan fingerprint density at radius 3 is 2.67 bits per heavy atom. The molecule has 0 fully saturated rings. The number of esters is 1. The van der Waals surface area contributed by atoms with Gasteiger partial charge in [0.15, 0.2) is 0 Å². The molecule has 0 heterocycles. The Labute approximate surface area is 133 Å². The van der Waals surface area contributed by atoms with E-state index in [1.165, 1.54) is 12.7 Å². The first-order valence-electron chi connectivity index (χ1n) is 6.72. The van der Waals surface area contributed by atoms with Crippen molar-refractivity contribution >= 4 is 21.9 Å². The zero-order chi connectivity index (χ0) is 15.2. The predicted octanol–water partition coefficient (Wildman–Crippen LogP) is 4.38. The summed E-state index contributed by atoms with van der Waals surface area (Å²) in [4.78, 5) is 11.5. The predicted molar refractivity (Wildman–Crippen MR) is 85.6 cm³/mol. The van der Waals surface area contributed by atoms with Gasteiger partial charge in [0.25, 0.3) is 0 Å². The van der Waals surface area contributed by atoms with E-state index in [-0.39, 0.29) is 5.97 Å². The fourth-order valence-electron chi connectivity index (χ4n) is 1.93. The largest absolute Gasteiger partial charge is 0.489 e. The van der Waals surface area contributed by atoms with Gasteiger partial charge >= 0.3 is 5.97 Å². The van der Waals surface area contributed by atoms with E-state index in [1.54, 1.807) is 12.1 Å². The lowest BCUT2D eigenvalue weighted by Crippen LogP contribution is -2.03. The second-order valence-corrected chi connectivity index (χ2v) is 5.44. The van der Waals surface area contributed by atoms with Gasteiger partial charge in [0.2, 0.25) is 0 Å². The maximum Gasteiger partial charge on any atom is 0.337 e. The lowest BCUT2D eigenvalue weighted by Gasteiger charge is -2.10. The smallest absolute Gasteiger partial charge is 0.337 e. The second kappa shape index (κ2) is 7.27. The van der Waals surface area contributed by atoms with E-state index >= 15 is 0 Å². The van der Waals surface area contributed by atoms with Crippen molar-refractivity contribution in [2.24, 2.45) is 0 Å². The number of methoxy groups -OCH3 is 1. The minimum atomic E-state index is -0.348. The molecule has 21 heavy (non-hydrogen) atoms. The number of carbonyl (C=O) groups excluding carboxylic acids is 1. The normalized spacial score (nSPS) is 10.2. The summed E-state index contributed by atoms with van der Waals surface area (Å²) in [5, 5.41) is 0. The van der Waals surface area contributed by atoms with Gasteiger partial charge in [0.1, 0.15) is 12.4 Å². The Kier molecular flexibility index (Phi) is 5.39. The van der Waals surface area contributed by atoms with Crippen LogP contribution in [0.5, 0.6) is 5.75 Å². The molecule has 3 nitrogen and oxygen atoms in total. The van der Waals surface area contributed by atoms with Gasteiger partial charge in [0.05, 0.1) is 12.7 Å². The van der Waals surface area contributed by atoms with Crippen LogP contribution in [0.3, 0.4) is 0 Å². The number of ether oxygens (including phenoxy) is 2. The van der Waals surface area contributed by atoms with Crippen molar-refractivity contribution in [3.8, 4) is 5.75 Å². The average Bonchev–Trinajstić information content (AvgIpc) is 2.53. The van der Waals surface area contributed by atoms with Crippen LogP contribution in [-0.2, 0) is 17.8 Å². The minimum absolute atomic E-state index is 0.348. The van der Waals surface area contributed by atoms with E-state index in [9.17, 15) is 4.79 Å². The molecule has 2 aromatic rings. The molecule has 0 aromatic heterocycles. The van der Waals surface area contributed by atoms with Gasteiger partial charge in [-0.1, -0.05) is 41.1 Å². The summed E-state index contributed by atoms with van der Waals surface area (Å²) in [6.07, 6.45) is 0.981. The molecular formula is C17H17BrO3. The fourth-order valence-corrected chi connectivity index (χ4v) is 2.42. The quantitative estimate of drug-likeness (QED) is 0.752. The van der Waals surface area contributed by atoms with Crippen LogP contribution in [0, 0.1) is 0 Å². The molecule has 0 aliphatic heterocycles. The fraction of sp³-hybridized carbons (Fsp3) is 0.235. The highest BCUT2D eigenvalue weighted by atomic mass is 79.9. The highest BCUT2D eigenvalue weighted by molar-refractivity contribution is 9.10. The molecule has 110 valence electrons. The molecule has 0 N–H and O–H groups in total. The van der Waals surface area contributed by atoms with Crippen LogP contribution in [0.15, 0.2) is 46.9 Å². The molecule has 0 atom stereocenters. The van der Waals surface area contributed by atoms with Crippen molar-refractivity contribution in [1.29, 1.82) is 0 Å². The molecule has 0 radical (unpaired) electrons. The second-order valence-electron chi connectivity index (χ2n) is 4.59. The van der Waals surface area contributed by atoms with Gasteiger partial charge in [-0.3, -0.25) is 0 Å². The molecule has 0 amide bonds. The SMILES string of the molecule is CCc1cccc(OCc2ccc(C(=O)OC)cc2Br)c1. The van der Waals surface area contributed by atoms with Gasteiger partial charge in [-0.05, 0) is 36.2 Å². The molecule has 0 aliphatic carbocycles. The molecule has 0 spiro atoms. The Morgan fingerprint density at radius 1 is 1.19 bits per heavy atom. The van der Waals surface area contributed by atoms with Crippen molar-refractivity contribution in [2.75, 3.05) is 7.11 Å². The summed E-state index contributed by atoms with van der Waals surface area (Å²) in [5.74, 6) is 0.497. The van der Waals surface area contributed by atoms with Gasteiger partial charge in [-0.2, -0.15) is 0 Å². The molecule has 0 saturated carbocycles. The number of hydrogen-bond acceptors (Lipinski definition) is 3. The molecule has 2 rings (SSSR count). The molecule has 0 unspecified atom stereocenters. The van der Waals surface area contributed by atoms with Crippen molar-refractivity contribution in [3.63, 3.8) is 0 Å². The number of aryl methyl sites for hydroxylation is 1. The summed E-state index contributed by atoms with van der Waals surface area (Å²) >= 11 is 3.46. The van der Waals surface area contributed by atoms with Crippen LogP contribution in [0.1, 0.15) is 28.4 Å². The average molecular weight is 349 g/mol. The van der Waals surface area contributed by atoms with Crippen molar-refractivity contribution in [3.05, 3.63) is 63.6 Å². The molecular weight excluding hydrogens is 332 g/mol. The zero-order valence-electron chi connectivity index (χ0n) is 12.1. The number of rotatable bonds is 5. The van der Waals surface area contributed by atoms with Crippen LogP contribution in [-0.4, -0.2) is 13.1 Å². The maximum atomic E-state index is 11.5. The monoisotopic (exact) mass is 348 g/mol. The molecule has 4 heteroatoms. The van der Waals surface area contributed by atoms with Crippen LogP contribution >= 0.6 is 15.9 Å². The first-order chi connectivity index (χ1) is 10.1. The number of carbonyl (C=O) groups is 1. The summed E-state index contributed by atoms with van der Waals surface area (Å²) in [6.45, 7) is 2.55. The Balaban J connectivity index is 2.07. The topological polar surface area (TPSA) is 35.5 Å². The van der Waals surface area contributed by atoms with E-state index in [4.69, 9.17) is 9.47 Å². The van der Waals surface area contributed by atoms with E-state index in [2.05, 4.69) is 28.9 Å². The summed E-state index contributed by atoms with van der Waals surface area (Å²) < 4.78 is 11.3.